The van der Waals surface area contributed by atoms with Crippen molar-refractivity contribution in [3.8, 4) is 50.3 Å². The van der Waals surface area contributed by atoms with E-state index in [0.29, 0.717) is 0 Å². The van der Waals surface area contributed by atoms with E-state index in [1.165, 1.54) is 50.1 Å². The SMILES string of the molecule is C1=CCC2Oc3c(C4NC(c5ccccc5)NC(c5cc(-c6ccccc6)cc(-c6ccccc6)c5)N4)ccc(N(c4ccc(-c5ccccc5)cc4)c4ccc(-c5ccccc5)cc4)c3C2=C1. The summed E-state index contributed by atoms with van der Waals surface area (Å²) in [5, 5.41) is 12.0. The molecule has 3 aliphatic rings. The summed E-state index contributed by atoms with van der Waals surface area (Å²) in [4.78, 5) is 2.40. The summed E-state index contributed by atoms with van der Waals surface area (Å²) >= 11 is 0. The molecule has 12 rings (SSSR count). The fraction of sp³-hybridized carbons (Fsp3) is 0.0794. The lowest BCUT2D eigenvalue weighted by molar-refractivity contribution is 0.196. The number of benzene rings is 9. The summed E-state index contributed by atoms with van der Waals surface area (Å²) in [7, 11) is 0. The molecule has 9 aromatic carbocycles. The summed E-state index contributed by atoms with van der Waals surface area (Å²) in [6.45, 7) is 0. The van der Waals surface area contributed by atoms with Crippen molar-refractivity contribution in [3.63, 3.8) is 0 Å². The minimum absolute atomic E-state index is 0.101. The number of hydrogen-bond acceptors (Lipinski definition) is 5. The van der Waals surface area contributed by atoms with E-state index in [2.05, 4.69) is 270 Å². The average molecular weight is 879 g/mol. The fourth-order valence-electron chi connectivity index (χ4n) is 10.1. The number of fused-ring (bicyclic) bond motifs is 3. The summed E-state index contributed by atoms with van der Waals surface area (Å²) in [6, 6.07) is 82.7. The van der Waals surface area contributed by atoms with E-state index in [1.54, 1.807) is 0 Å². The molecule has 328 valence electrons. The van der Waals surface area contributed by atoms with Gasteiger partial charge in [-0.1, -0.05) is 200 Å². The van der Waals surface area contributed by atoms with Crippen molar-refractivity contribution in [2.24, 2.45) is 0 Å². The quantitative estimate of drug-likeness (QED) is 0.128. The first-order valence-corrected chi connectivity index (χ1v) is 23.6. The van der Waals surface area contributed by atoms with Crippen molar-refractivity contribution in [1.29, 1.82) is 0 Å². The minimum atomic E-state index is -0.285. The standard InChI is InChI=1S/C63H50N4O/c1-6-18-43(19-7-1)47-30-34-53(35-31-47)67(54-36-32-48(33-37-54)44-20-8-2-9-21-44)57-39-38-56(60-59(57)55-28-16-17-29-58(55)68-60)63-65-61(49-26-14-5-15-27-49)64-62(66-63)52-41-50(45-22-10-3-11-23-45)40-51(42-52)46-24-12-4-13-25-46/h1-28,30-42,58,61-66H,29H2. The molecule has 1 aliphatic carbocycles. The lowest BCUT2D eigenvalue weighted by Crippen LogP contribution is -2.54. The molecular weight excluding hydrogens is 829 g/mol. The molecule has 1 fully saturated rings. The molecule has 0 radical (unpaired) electrons. The van der Waals surface area contributed by atoms with Gasteiger partial charge in [-0.05, 0) is 104 Å². The smallest absolute Gasteiger partial charge is 0.136 e. The maximum Gasteiger partial charge on any atom is 0.136 e. The van der Waals surface area contributed by atoms with Gasteiger partial charge in [-0.15, -0.1) is 0 Å². The largest absolute Gasteiger partial charge is 0.484 e. The summed E-state index contributed by atoms with van der Waals surface area (Å²) in [6.07, 6.45) is 6.67. The maximum absolute atomic E-state index is 7.20. The van der Waals surface area contributed by atoms with Crippen LogP contribution in [0.2, 0.25) is 0 Å². The van der Waals surface area contributed by atoms with Crippen molar-refractivity contribution >= 4 is 22.6 Å². The van der Waals surface area contributed by atoms with Gasteiger partial charge in [-0.2, -0.15) is 0 Å². The van der Waals surface area contributed by atoms with Crippen molar-refractivity contribution in [2.45, 2.75) is 31.0 Å². The topological polar surface area (TPSA) is 48.6 Å². The Labute approximate surface area is 398 Å². The Balaban J connectivity index is 0.994. The molecule has 2 heterocycles. The molecule has 9 aromatic rings. The van der Waals surface area contributed by atoms with E-state index in [-0.39, 0.29) is 24.6 Å². The number of nitrogens with one attached hydrogen (secondary N) is 3. The van der Waals surface area contributed by atoms with Gasteiger partial charge >= 0.3 is 0 Å². The molecule has 0 spiro atoms. The van der Waals surface area contributed by atoms with E-state index >= 15 is 0 Å². The molecule has 4 atom stereocenters. The summed E-state index contributed by atoms with van der Waals surface area (Å²) in [5.74, 6) is 0.898. The second-order valence-electron chi connectivity index (χ2n) is 17.7. The monoisotopic (exact) mass is 878 g/mol. The Morgan fingerprint density at radius 1 is 0.397 bits per heavy atom. The van der Waals surface area contributed by atoms with Crippen LogP contribution in [0.25, 0.3) is 50.1 Å². The van der Waals surface area contributed by atoms with Crippen LogP contribution in [0.3, 0.4) is 0 Å². The fourth-order valence-corrected chi connectivity index (χ4v) is 10.1. The molecule has 0 saturated carbocycles. The van der Waals surface area contributed by atoms with Crippen LogP contribution < -0.4 is 25.6 Å². The van der Waals surface area contributed by atoms with Gasteiger partial charge in [-0.25, -0.2) is 0 Å². The highest BCUT2D eigenvalue weighted by molar-refractivity contribution is 5.94. The number of hydrogen-bond donors (Lipinski definition) is 3. The molecule has 5 nitrogen and oxygen atoms in total. The Morgan fingerprint density at radius 2 is 0.838 bits per heavy atom. The summed E-state index contributed by atoms with van der Waals surface area (Å²) < 4.78 is 7.20. The van der Waals surface area contributed by atoms with E-state index in [1.807, 2.05) is 0 Å². The average Bonchev–Trinajstić information content (AvgIpc) is 3.82. The molecule has 3 N–H and O–H groups in total. The Kier molecular flexibility index (Phi) is 11.1. The van der Waals surface area contributed by atoms with Gasteiger partial charge in [0.25, 0.3) is 0 Å². The predicted octanol–water partition coefficient (Wildman–Crippen LogP) is 15.1. The van der Waals surface area contributed by atoms with Crippen LogP contribution in [0, 0.1) is 0 Å². The van der Waals surface area contributed by atoms with Gasteiger partial charge in [0.1, 0.15) is 11.9 Å². The highest BCUT2D eigenvalue weighted by Crippen LogP contribution is 2.52. The van der Waals surface area contributed by atoms with Crippen molar-refractivity contribution < 1.29 is 4.74 Å². The molecule has 0 amide bonds. The molecular formula is C63H50N4O. The van der Waals surface area contributed by atoms with Gasteiger partial charge in [0.05, 0.1) is 24.2 Å². The van der Waals surface area contributed by atoms with Crippen LogP contribution in [-0.4, -0.2) is 6.10 Å². The molecule has 68 heavy (non-hydrogen) atoms. The number of rotatable bonds is 10. The number of anilines is 3. The van der Waals surface area contributed by atoms with Crippen LogP contribution >= 0.6 is 0 Å². The maximum atomic E-state index is 7.20. The first kappa shape index (κ1) is 41.4. The number of nitrogens with zero attached hydrogens (tertiary/aromatic N) is 1. The van der Waals surface area contributed by atoms with Gasteiger partial charge in [0.15, 0.2) is 0 Å². The van der Waals surface area contributed by atoms with Crippen molar-refractivity contribution in [2.75, 3.05) is 4.90 Å². The van der Waals surface area contributed by atoms with Crippen molar-refractivity contribution in [1.82, 2.24) is 16.0 Å². The van der Waals surface area contributed by atoms with Crippen LogP contribution in [0.5, 0.6) is 5.75 Å². The lowest BCUT2D eigenvalue weighted by Gasteiger charge is -2.40. The molecule has 0 bridgehead atoms. The normalized spacial score (nSPS) is 18.2. The zero-order valence-corrected chi connectivity index (χ0v) is 37.5. The zero-order chi connectivity index (χ0) is 45.2. The zero-order valence-electron chi connectivity index (χ0n) is 37.5. The third-order valence-electron chi connectivity index (χ3n) is 13.5. The van der Waals surface area contributed by atoms with Crippen LogP contribution in [0.4, 0.5) is 17.1 Å². The van der Waals surface area contributed by atoms with Crippen molar-refractivity contribution in [3.05, 3.63) is 271 Å². The van der Waals surface area contributed by atoms with Crippen LogP contribution in [-0.2, 0) is 0 Å². The second-order valence-corrected chi connectivity index (χ2v) is 17.7. The third-order valence-corrected chi connectivity index (χ3v) is 13.5. The molecule has 0 aromatic heterocycles. The van der Waals surface area contributed by atoms with Gasteiger partial charge in [0.2, 0.25) is 0 Å². The second kappa shape index (κ2) is 18.3. The minimum Gasteiger partial charge on any atom is -0.484 e. The Hall–Kier alpha value is -8.06. The van der Waals surface area contributed by atoms with Gasteiger partial charge in [-0.3, -0.25) is 16.0 Å². The Morgan fingerprint density at radius 3 is 1.35 bits per heavy atom. The molecule has 2 aliphatic heterocycles. The van der Waals surface area contributed by atoms with E-state index in [4.69, 9.17) is 4.74 Å². The third kappa shape index (κ3) is 8.14. The predicted molar refractivity (Wildman–Crippen MR) is 280 cm³/mol. The molecule has 5 heteroatoms. The number of ether oxygens (including phenoxy) is 1. The molecule has 4 unspecified atom stereocenters. The van der Waals surface area contributed by atoms with Gasteiger partial charge < -0.3 is 9.64 Å². The highest BCUT2D eigenvalue weighted by atomic mass is 16.5. The summed E-state index contributed by atoms with van der Waals surface area (Å²) in [5.41, 5.74) is 18.3. The Bertz CT molecular complexity index is 3110. The van der Waals surface area contributed by atoms with E-state index < -0.39 is 0 Å². The van der Waals surface area contributed by atoms with E-state index in [0.717, 1.165) is 51.5 Å². The van der Waals surface area contributed by atoms with Crippen LogP contribution in [0.1, 0.15) is 47.2 Å². The van der Waals surface area contributed by atoms with E-state index in [9.17, 15) is 0 Å². The van der Waals surface area contributed by atoms with Crippen LogP contribution in [0.15, 0.2) is 249 Å². The first-order chi connectivity index (χ1) is 33.7. The highest BCUT2D eigenvalue weighted by Gasteiger charge is 2.39. The number of allylic oxidation sites excluding steroid dienone is 2. The molecule has 1 saturated heterocycles. The van der Waals surface area contributed by atoms with Gasteiger partial charge in [0, 0.05) is 34.5 Å². The lowest BCUT2D eigenvalue weighted by atomic mass is 9.92. The first-order valence-electron chi connectivity index (χ1n) is 23.6.